The van der Waals surface area contributed by atoms with Gasteiger partial charge in [0.15, 0.2) is 0 Å². The summed E-state index contributed by atoms with van der Waals surface area (Å²) in [6.45, 7) is 0.145. The predicted molar refractivity (Wildman–Crippen MR) is 97.7 cm³/mol. The van der Waals surface area contributed by atoms with Crippen LogP contribution in [0.1, 0.15) is 15.9 Å². The van der Waals surface area contributed by atoms with Crippen molar-refractivity contribution in [2.45, 2.75) is 6.61 Å². The Morgan fingerprint density at radius 1 is 1.15 bits per heavy atom. The van der Waals surface area contributed by atoms with Crippen molar-refractivity contribution in [2.24, 2.45) is 5.16 Å². The van der Waals surface area contributed by atoms with Crippen LogP contribution < -0.4 is 10.1 Å². The van der Waals surface area contributed by atoms with Crippen molar-refractivity contribution in [1.29, 1.82) is 0 Å². The standard InChI is InChI=1S/C18H17ClN2O5/c1-24-16-8-7-14(19)9-15(16)21-17(22)10-20-26-11-12-3-5-13(6-4-12)18(23)25-2/h3-10H,11H2,1-2H3,(H,21,22)/b20-10+. The van der Waals surface area contributed by atoms with Gasteiger partial charge in [-0.05, 0) is 35.9 Å². The molecule has 8 heteroatoms. The van der Waals surface area contributed by atoms with E-state index in [1.807, 2.05) is 0 Å². The summed E-state index contributed by atoms with van der Waals surface area (Å²) in [5, 5.41) is 6.67. The largest absolute Gasteiger partial charge is 0.495 e. The normalized spacial score (nSPS) is 10.4. The zero-order valence-electron chi connectivity index (χ0n) is 14.2. The molecule has 0 radical (unpaired) electrons. The molecule has 0 aliphatic carbocycles. The number of nitrogens with zero attached hydrogens (tertiary/aromatic N) is 1. The van der Waals surface area contributed by atoms with Crippen LogP contribution in [0.15, 0.2) is 47.6 Å². The molecule has 2 aromatic carbocycles. The zero-order valence-corrected chi connectivity index (χ0v) is 14.9. The van der Waals surface area contributed by atoms with E-state index < -0.39 is 11.9 Å². The summed E-state index contributed by atoms with van der Waals surface area (Å²) in [7, 11) is 2.81. The Kier molecular flexibility index (Phi) is 6.99. The molecule has 7 nitrogen and oxygen atoms in total. The fourth-order valence-electron chi connectivity index (χ4n) is 1.99. The highest BCUT2D eigenvalue weighted by Crippen LogP contribution is 2.27. The number of esters is 1. The van der Waals surface area contributed by atoms with Crippen molar-refractivity contribution >= 4 is 35.4 Å². The highest BCUT2D eigenvalue weighted by Gasteiger charge is 2.07. The first kappa shape index (κ1) is 19.3. The number of hydrogen-bond acceptors (Lipinski definition) is 6. The second-order valence-electron chi connectivity index (χ2n) is 5.03. The average molecular weight is 377 g/mol. The fourth-order valence-corrected chi connectivity index (χ4v) is 2.17. The molecule has 0 fully saturated rings. The summed E-state index contributed by atoms with van der Waals surface area (Å²) in [5.74, 6) is -0.432. The van der Waals surface area contributed by atoms with Gasteiger partial charge in [-0.2, -0.15) is 0 Å². The molecule has 0 unspecified atom stereocenters. The summed E-state index contributed by atoms with van der Waals surface area (Å²) in [6, 6.07) is 11.5. The van der Waals surface area contributed by atoms with E-state index in [1.54, 1.807) is 42.5 Å². The van der Waals surface area contributed by atoms with Gasteiger partial charge in [-0.15, -0.1) is 0 Å². The maximum absolute atomic E-state index is 11.9. The number of carbonyl (C=O) groups is 2. The molecule has 0 spiro atoms. The Morgan fingerprint density at radius 3 is 2.54 bits per heavy atom. The van der Waals surface area contributed by atoms with Crippen molar-refractivity contribution in [3.8, 4) is 5.75 Å². The SMILES string of the molecule is COC(=O)c1ccc(CO/N=C/C(=O)Nc2cc(Cl)ccc2OC)cc1. The average Bonchev–Trinajstić information content (AvgIpc) is 2.65. The third-order valence-corrected chi connectivity index (χ3v) is 3.51. The van der Waals surface area contributed by atoms with Gasteiger partial charge in [0, 0.05) is 5.02 Å². The number of methoxy groups -OCH3 is 2. The Labute approximate surface area is 155 Å². The number of ether oxygens (including phenoxy) is 2. The van der Waals surface area contributed by atoms with Crippen LogP contribution in [-0.2, 0) is 21.0 Å². The lowest BCUT2D eigenvalue weighted by Crippen LogP contribution is -2.13. The summed E-state index contributed by atoms with van der Waals surface area (Å²) in [4.78, 5) is 28.3. The molecule has 0 aliphatic rings. The summed E-state index contributed by atoms with van der Waals surface area (Å²) in [6.07, 6.45) is 1.00. The van der Waals surface area contributed by atoms with E-state index in [0.717, 1.165) is 11.8 Å². The van der Waals surface area contributed by atoms with Gasteiger partial charge in [-0.25, -0.2) is 4.79 Å². The van der Waals surface area contributed by atoms with Crippen molar-refractivity contribution in [3.05, 3.63) is 58.6 Å². The monoisotopic (exact) mass is 376 g/mol. The third kappa shape index (κ3) is 5.49. The molecule has 1 N–H and O–H groups in total. The van der Waals surface area contributed by atoms with Gasteiger partial charge in [-0.3, -0.25) is 4.79 Å². The van der Waals surface area contributed by atoms with Crippen molar-refractivity contribution in [2.75, 3.05) is 19.5 Å². The Balaban J connectivity index is 1.86. The molecule has 0 heterocycles. The number of benzene rings is 2. The van der Waals surface area contributed by atoms with Crippen molar-refractivity contribution < 1.29 is 23.9 Å². The second-order valence-corrected chi connectivity index (χ2v) is 5.47. The van der Waals surface area contributed by atoms with Gasteiger partial charge in [0.2, 0.25) is 0 Å². The van der Waals surface area contributed by atoms with E-state index in [9.17, 15) is 9.59 Å². The molecular formula is C18H17ClN2O5. The molecule has 2 aromatic rings. The van der Waals surface area contributed by atoms with Gasteiger partial charge >= 0.3 is 5.97 Å². The summed E-state index contributed by atoms with van der Waals surface area (Å²) < 4.78 is 9.76. The fraction of sp³-hybridized carbons (Fsp3) is 0.167. The van der Waals surface area contributed by atoms with Gasteiger partial charge < -0.3 is 19.6 Å². The molecule has 0 atom stereocenters. The molecule has 2 rings (SSSR count). The first-order chi connectivity index (χ1) is 12.5. The minimum atomic E-state index is -0.494. The van der Waals surface area contributed by atoms with Crippen LogP contribution in [0.5, 0.6) is 5.75 Å². The van der Waals surface area contributed by atoms with Gasteiger partial charge in [-0.1, -0.05) is 28.9 Å². The topological polar surface area (TPSA) is 86.2 Å². The van der Waals surface area contributed by atoms with Crippen LogP contribution >= 0.6 is 11.6 Å². The Morgan fingerprint density at radius 2 is 1.88 bits per heavy atom. The second kappa shape index (κ2) is 9.43. The first-order valence-electron chi connectivity index (χ1n) is 7.50. The number of halogens is 1. The smallest absolute Gasteiger partial charge is 0.337 e. The minimum absolute atomic E-state index is 0.145. The Bertz CT molecular complexity index is 806. The number of hydrogen-bond donors (Lipinski definition) is 1. The summed E-state index contributed by atoms with van der Waals surface area (Å²) >= 11 is 5.90. The molecule has 1 amide bonds. The molecule has 0 saturated heterocycles. The zero-order chi connectivity index (χ0) is 18.9. The number of amides is 1. The Hall–Kier alpha value is -3.06. The van der Waals surface area contributed by atoms with Crippen molar-refractivity contribution in [3.63, 3.8) is 0 Å². The van der Waals surface area contributed by atoms with E-state index in [4.69, 9.17) is 21.2 Å². The number of anilines is 1. The molecule has 0 aromatic heterocycles. The molecular weight excluding hydrogens is 360 g/mol. The highest BCUT2D eigenvalue weighted by atomic mass is 35.5. The lowest BCUT2D eigenvalue weighted by molar-refractivity contribution is -0.110. The number of rotatable bonds is 7. The minimum Gasteiger partial charge on any atom is -0.495 e. The molecule has 136 valence electrons. The third-order valence-electron chi connectivity index (χ3n) is 3.27. The van der Waals surface area contributed by atoms with E-state index in [0.29, 0.717) is 22.0 Å². The van der Waals surface area contributed by atoms with Gasteiger partial charge in [0.05, 0.1) is 25.5 Å². The van der Waals surface area contributed by atoms with E-state index in [1.165, 1.54) is 14.2 Å². The highest BCUT2D eigenvalue weighted by molar-refractivity contribution is 6.33. The van der Waals surface area contributed by atoms with E-state index in [-0.39, 0.29) is 6.61 Å². The van der Waals surface area contributed by atoms with Crippen LogP contribution in [0.3, 0.4) is 0 Å². The molecule has 0 saturated carbocycles. The lowest BCUT2D eigenvalue weighted by Gasteiger charge is -2.08. The number of carbonyl (C=O) groups excluding carboxylic acids is 2. The quantitative estimate of drug-likeness (QED) is 0.455. The maximum atomic E-state index is 11.9. The van der Waals surface area contributed by atoms with Crippen LogP contribution in [-0.4, -0.2) is 32.3 Å². The van der Waals surface area contributed by atoms with Crippen LogP contribution in [0.4, 0.5) is 5.69 Å². The maximum Gasteiger partial charge on any atom is 0.337 e. The first-order valence-corrected chi connectivity index (χ1v) is 7.88. The van der Waals surface area contributed by atoms with Crippen LogP contribution in [0, 0.1) is 0 Å². The molecule has 0 bridgehead atoms. The van der Waals surface area contributed by atoms with Crippen LogP contribution in [0.2, 0.25) is 5.02 Å². The van der Waals surface area contributed by atoms with Gasteiger partial charge in [0.25, 0.3) is 5.91 Å². The molecule has 0 aliphatic heterocycles. The number of oxime groups is 1. The van der Waals surface area contributed by atoms with Crippen molar-refractivity contribution in [1.82, 2.24) is 0 Å². The van der Waals surface area contributed by atoms with Gasteiger partial charge in [0.1, 0.15) is 18.6 Å². The van der Waals surface area contributed by atoms with Crippen LogP contribution in [0.25, 0.3) is 0 Å². The summed E-state index contributed by atoms with van der Waals surface area (Å²) in [5.41, 5.74) is 1.65. The molecule has 26 heavy (non-hydrogen) atoms. The van der Waals surface area contributed by atoms with E-state index >= 15 is 0 Å². The predicted octanol–water partition coefficient (Wildman–Crippen LogP) is 3.28. The number of nitrogens with one attached hydrogen (secondary N) is 1. The van der Waals surface area contributed by atoms with E-state index in [2.05, 4.69) is 15.2 Å². The lowest BCUT2D eigenvalue weighted by atomic mass is 10.1.